The summed E-state index contributed by atoms with van der Waals surface area (Å²) in [7, 11) is 0. The van der Waals surface area contributed by atoms with E-state index in [4.69, 9.17) is 28.4 Å². The van der Waals surface area contributed by atoms with E-state index in [-0.39, 0.29) is 18.9 Å². The first-order valence-corrected chi connectivity index (χ1v) is 30.0. The number of hydrogen-bond donors (Lipinski definition) is 12. The molecule has 3 rings (SSSR count). The first-order chi connectivity index (χ1) is 39.3. The molecule has 464 valence electrons. The van der Waals surface area contributed by atoms with Crippen LogP contribution in [0.15, 0.2) is 97.2 Å². The van der Waals surface area contributed by atoms with Crippen LogP contribution in [0.3, 0.4) is 0 Å². The van der Waals surface area contributed by atoms with Gasteiger partial charge in [0.2, 0.25) is 5.91 Å². The fraction of sp³-hybridized carbons (Fsp3) is 0.726. The van der Waals surface area contributed by atoms with Gasteiger partial charge in [-0.3, -0.25) is 4.79 Å². The second kappa shape index (κ2) is 44.2. The number of rotatable bonds is 42. The van der Waals surface area contributed by atoms with Crippen LogP contribution in [-0.4, -0.2) is 193 Å². The van der Waals surface area contributed by atoms with Gasteiger partial charge in [0.15, 0.2) is 18.9 Å². The number of hydrogen-bond acceptors (Lipinski definition) is 18. The lowest BCUT2D eigenvalue weighted by molar-refractivity contribution is -0.379. The van der Waals surface area contributed by atoms with Crippen LogP contribution in [0.25, 0.3) is 0 Å². The van der Waals surface area contributed by atoms with Crippen LogP contribution in [0, 0.1) is 0 Å². The van der Waals surface area contributed by atoms with Crippen molar-refractivity contribution in [3.63, 3.8) is 0 Å². The number of carbonyl (C=O) groups excluding carboxylic acids is 1. The molecular formula is C62H103NO18. The topological polar surface area (TPSA) is 307 Å². The fourth-order valence-electron chi connectivity index (χ4n) is 9.43. The summed E-state index contributed by atoms with van der Waals surface area (Å²) < 4.78 is 34.2. The molecule has 17 atom stereocenters. The molecule has 0 radical (unpaired) electrons. The number of aliphatic hydroxyl groups is 11. The average molecular weight is 1150 g/mol. The molecule has 19 nitrogen and oxygen atoms in total. The minimum atomic E-state index is -1.99. The van der Waals surface area contributed by atoms with Crippen molar-refractivity contribution in [3.05, 3.63) is 97.2 Å². The lowest BCUT2D eigenvalue weighted by Crippen LogP contribution is -2.66. The van der Waals surface area contributed by atoms with Gasteiger partial charge in [0.25, 0.3) is 0 Å². The van der Waals surface area contributed by atoms with Gasteiger partial charge in [-0.15, -0.1) is 0 Å². The van der Waals surface area contributed by atoms with Crippen molar-refractivity contribution in [2.75, 3.05) is 26.4 Å². The van der Waals surface area contributed by atoms with Gasteiger partial charge >= 0.3 is 0 Å². The van der Waals surface area contributed by atoms with E-state index < -0.39 is 124 Å². The Morgan fingerprint density at radius 2 is 0.864 bits per heavy atom. The van der Waals surface area contributed by atoms with Gasteiger partial charge < -0.3 is 89.9 Å². The third-order valence-corrected chi connectivity index (χ3v) is 14.3. The molecule has 3 fully saturated rings. The molecule has 3 aliphatic rings. The predicted octanol–water partition coefficient (Wildman–Crippen LogP) is 5.37. The van der Waals surface area contributed by atoms with Crippen LogP contribution in [-0.2, 0) is 33.2 Å². The summed E-state index contributed by atoms with van der Waals surface area (Å²) in [6, 6.07) is -1.00. The van der Waals surface area contributed by atoms with Gasteiger partial charge in [-0.05, 0) is 83.5 Å². The maximum atomic E-state index is 13.3. The van der Waals surface area contributed by atoms with Crippen molar-refractivity contribution < 1.29 is 89.4 Å². The zero-order chi connectivity index (χ0) is 59.0. The van der Waals surface area contributed by atoms with Crippen LogP contribution < -0.4 is 5.32 Å². The molecule has 0 aliphatic carbocycles. The Hall–Kier alpha value is -3.29. The van der Waals surface area contributed by atoms with E-state index in [9.17, 15) is 61.0 Å². The Morgan fingerprint density at radius 3 is 1.37 bits per heavy atom. The molecule has 3 saturated heterocycles. The highest BCUT2D eigenvalue weighted by Crippen LogP contribution is 2.33. The molecular weight excluding hydrogens is 1050 g/mol. The first kappa shape index (κ1) is 72.0. The quantitative estimate of drug-likeness (QED) is 0.0270. The van der Waals surface area contributed by atoms with E-state index >= 15 is 0 Å². The zero-order valence-electron chi connectivity index (χ0n) is 48.2. The standard InChI is InChI=1S/C62H103NO18/c1-3-5-7-9-11-13-15-16-17-18-19-20-21-22-23-24-25-26-27-28-30-32-34-36-38-40-50(68)63-45(46(67)39-37-35-33-31-29-14-12-10-8-6-4-2)44-76-60-56(74)53(71)58(48(42-65)78-60)81-62-57(75)54(72)59(49(43-66)79-62)80-61-55(73)52(70)51(69)47(41-64)77-61/h5,7-8,10-11,13,16-17,19-20,22-23,29,31,37,39,45-49,51-62,64-67,69-75H,3-4,6,9,12,14-15,18,21,24-28,30,32-36,38,40-44H2,1-2H3,(H,63,68)/b7-5-,10-8+,13-11-,17-16-,20-19-,23-22-,31-29+,39-37+. The molecule has 12 N–H and O–H groups in total. The maximum absolute atomic E-state index is 13.3. The fourth-order valence-corrected chi connectivity index (χ4v) is 9.43. The Bertz CT molecular complexity index is 1850. The monoisotopic (exact) mass is 1150 g/mol. The highest BCUT2D eigenvalue weighted by atomic mass is 16.8. The largest absolute Gasteiger partial charge is 0.394 e. The molecule has 0 aromatic carbocycles. The molecule has 0 saturated carbocycles. The molecule has 1 amide bonds. The van der Waals surface area contributed by atoms with E-state index in [2.05, 4.69) is 104 Å². The summed E-state index contributed by atoms with van der Waals surface area (Å²) in [4.78, 5) is 13.3. The SMILES string of the molecule is CC/C=C\C/C=C\C/C=C\C/C=C\C/C=C\CCCCCCCCCCCC(=O)NC(COC1OC(CO)C(OC2OC(CO)C(OC3OC(CO)C(O)C(O)C3O)C(O)C2O)C(O)C1O)C(O)/C=C/CC/C=C/CC/C=C/CCC. The minimum absolute atomic E-state index is 0.218. The predicted molar refractivity (Wildman–Crippen MR) is 309 cm³/mol. The van der Waals surface area contributed by atoms with Crippen LogP contribution in [0.2, 0.25) is 0 Å². The Kier molecular flexibility index (Phi) is 39.3. The molecule has 17 unspecified atom stereocenters. The molecule has 81 heavy (non-hydrogen) atoms. The minimum Gasteiger partial charge on any atom is -0.394 e. The second-order valence-corrected chi connectivity index (χ2v) is 21.1. The molecule has 0 bridgehead atoms. The van der Waals surface area contributed by atoms with Gasteiger partial charge in [0, 0.05) is 6.42 Å². The lowest BCUT2D eigenvalue weighted by atomic mass is 9.96. The summed E-state index contributed by atoms with van der Waals surface area (Å²) in [5, 5.41) is 120. The molecule has 0 aromatic heterocycles. The number of ether oxygens (including phenoxy) is 6. The van der Waals surface area contributed by atoms with E-state index in [1.54, 1.807) is 6.08 Å². The normalized spacial score (nSPS) is 30.5. The molecule has 0 aromatic rings. The second-order valence-electron chi connectivity index (χ2n) is 21.1. The maximum Gasteiger partial charge on any atom is 0.220 e. The Morgan fingerprint density at radius 1 is 0.457 bits per heavy atom. The third-order valence-electron chi connectivity index (χ3n) is 14.3. The molecule has 0 spiro atoms. The number of aliphatic hydroxyl groups excluding tert-OH is 11. The van der Waals surface area contributed by atoms with E-state index in [0.717, 1.165) is 96.3 Å². The van der Waals surface area contributed by atoms with Crippen molar-refractivity contribution in [1.29, 1.82) is 0 Å². The number of carbonyl (C=O) groups is 1. The van der Waals surface area contributed by atoms with Crippen molar-refractivity contribution in [2.24, 2.45) is 0 Å². The summed E-state index contributed by atoms with van der Waals surface area (Å²) >= 11 is 0. The number of amides is 1. The van der Waals surface area contributed by atoms with Gasteiger partial charge in [0.1, 0.15) is 73.2 Å². The van der Waals surface area contributed by atoms with Crippen LogP contribution in [0.4, 0.5) is 0 Å². The molecule has 3 aliphatic heterocycles. The van der Waals surface area contributed by atoms with E-state index in [1.165, 1.54) is 25.7 Å². The molecule has 19 heteroatoms. The van der Waals surface area contributed by atoms with Crippen molar-refractivity contribution >= 4 is 5.91 Å². The van der Waals surface area contributed by atoms with Gasteiger partial charge in [-0.25, -0.2) is 0 Å². The Labute approximate surface area is 482 Å². The number of allylic oxidation sites excluding steroid dienone is 15. The van der Waals surface area contributed by atoms with E-state index in [0.29, 0.717) is 12.8 Å². The summed E-state index contributed by atoms with van der Waals surface area (Å²) in [5.74, 6) is -0.304. The van der Waals surface area contributed by atoms with Crippen LogP contribution in [0.1, 0.15) is 155 Å². The van der Waals surface area contributed by atoms with Gasteiger partial charge in [-0.1, -0.05) is 162 Å². The van der Waals surface area contributed by atoms with Gasteiger partial charge in [-0.2, -0.15) is 0 Å². The molecule has 3 heterocycles. The lowest BCUT2D eigenvalue weighted by Gasteiger charge is -2.48. The highest BCUT2D eigenvalue weighted by Gasteiger charge is 2.53. The Balaban J connectivity index is 1.46. The van der Waals surface area contributed by atoms with Crippen molar-refractivity contribution in [2.45, 2.75) is 259 Å². The summed E-state index contributed by atoms with van der Waals surface area (Å²) in [6.07, 6.45) is 28.3. The zero-order valence-corrected chi connectivity index (χ0v) is 48.2. The van der Waals surface area contributed by atoms with Crippen LogP contribution in [0.5, 0.6) is 0 Å². The van der Waals surface area contributed by atoms with Crippen molar-refractivity contribution in [3.8, 4) is 0 Å². The van der Waals surface area contributed by atoms with Crippen molar-refractivity contribution in [1.82, 2.24) is 5.32 Å². The third kappa shape index (κ3) is 28.0. The highest BCUT2D eigenvalue weighted by molar-refractivity contribution is 5.76. The summed E-state index contributed by atoms with van der Waals surface area (Å²) in [5.41, 5.74) is 0. The van der Waals surface area contributed by atoms with E-state index in [1.807, 2.05) is 6.08 Å². The summed E-state index contributed by atoms with van der Waals surface area (Å²) in [6.45, 7) is 1.46. The number of nitrogens with one attached hydrogen (secondary N) is 1. The smallest absolute Gasteiger partial charge is 0.220 e. The van der Waals surface area contributed by atoms with Crippen LogP contribution >= 0.6 is 0 Å². The average Bonchev–Trinajstić information content (AvgIpc) is 3.51. The first-order valence-electron chi connectivity index (χ1n) is 30.0. The van der Waals surface area contributed by atoms with Gasteiger partial charge in [0.05, 0.1) is 38.6 Å². The number of unbranched alkanes of at least 4 members (excludes halogenated alkanes) is 12.